The number of hydrogen-bond acceptors (Lipinski definition) is 7. The van der Waals surface area contributed by atoms with Gasteiger partial charge in [-0.25, -0.2) is 14.6 Å². The number of fused-ring (bicyclic) bond motifs is 1. The third-order valence-electron chi connectivity index (χ3n) is 3.75. The van der Waals surface area contributed by atoms with Gasteiger partial charge in [-0.2, -0.15) is 5.26 Å². The Hall–Kier alpha value is -3.51. The van der Waals surface area contributed by atoms with Crippen LogP contribution in [0, 0.1) is 11.3 Å². The summed E-state index contributed by atoms with van der Waals surface area (Å²) in [6, 6.07) is 11.4. The zero-order chi connectivity index (χ0) is 18.1. The monoisotopic (exact) mass is 364 g/mol. The normalized spacial score (nSPS) is 10.8. The number of methoxy groups -OCH3 is 1. The van der Waals surface area contributed by atoms with E-state index in [0.29, 0.717) is 16.0 Å². The quantitative estimate of drug-likeness (QED) is 0.594. The number of benzene rings is 1. The number of nitriles is 1. The average Bonchev–Trinajstić information content (AvgIpc) is 3.29. The van der Waals surface area contributed by atoms with Crippen LogP contribution in [0.4, 0.5) is 0 Å². The van der Waals surface area contributed by atoms with Gasteiger partial charge in [-0.3, -0.25) is 4.79 Å². The Bertz CT molecular complexity index is 1180. The number of H-pyrrole nitrogens is 1. The number of rotatable bonds is 4. The molecule has 9 heteroatoms. The Labute approximate surface area is 151 Å². The van der Waals surface area contributed by atoms with Crippen LogP contribution in [0.2, 0.25) is 0 Å². The van der Waals surface area contributed by atoms with E-state index in [1.807, 2.05) is 36.4 Å². The summed E-state index contributed by atoms with van der Waals surface area (Å²) >= 11 is 1.39. The standard InChI is InChI=1S/C17H12N6O2S/c1-25-11-4-2-10(3-5-11)13-6-12-16(26-13)17(24)21-15(20-12)8-23-9-19-14(7-18)22-23/h2-6,9H,8H2,1H3,(H,20,21,24). The fraction of sp³-hybridized carbons (Fsp3) is 0.118. The molecular formula is C17H12N6O2S. The van der Waals surface area contributed by atoms with Gasteiger partial charge >= 0.3 is 0 Å². The first-order valence-electron chi connectivity index (χ1n) is 7.63. The van der Waals surface area contributed by atoms with Crippen LogP contribution >= 0.6 is 11.3 Å². The third-order valence-corrected chi connectivity index (χ3v) is 4.93. The molecule has 3 heterocycles. The van der Waals surface area contributed by atoms with E-state index in [-0.39, 0.29) is 17.9 Å². The minimum atomic E-state index is -0.199. The highest BCUT2D eigenvalue weighted by Crippen LogP contribution is 2.31. The van der Waals surface area contributed by atoms with Crippen molar-refractivity contribution < 1.29 is 4.74 Å². The van der Waals surface area contributed by atoms with E-state index in [0.717, 1.165) is 16.2 Å². The second kappa shape index (κ2) is 6.42. The van der Waals surface area contributed by atoms with Crippen molar-refractivity contribution >= 4 is 21.6 Å². The van der Waals surface area contributed by atoms with Crippen LogP contribution in [-0.2, 0) is 6.54 Å². The van der Waals surface area contributed by atoms with Gasteiger partial charge in [0, 0.05) is 4.88 Å². The van der Waals surface area contributed by atoms with Gasteiger partial charge in [0.1, 0.15) is 35.2 Å². The lowest BCUT2D eigenvalue weighted by Gasteiger charge is -2.00. The number of ether oxygens (including phenoxy) is 1. The molecule has 0 spiro atoms. The van der Waals surface area contributed by atoms with Crippen LogP contribution in [-0.4, -0.2) is 31.8 Å². The molecule has 0 aliphatic rings. The summed E-state index contributed by atoms with van der Waals surface area (Å²) in [4.78, 5) is 24.4. The molecule has 0 atom stereocenters. The molecule has 26 heavy (non-hydrogen) atoms. The van der Waals surface area contributed by atoms with Gasteiger partial charge in [0.05, 0.1) is 12.6 Å². The molecular weight excluding hydrogens is 352 g/mol. The van der Waals surface area contributed by atoms with Gasteiger partial charge < -0.3 is 9.72 Å². The molecule has 0 fully saturated rings. The first-order chi connectivity index (χ1) is 12.7. The van der Waals surface area contributed by atoms with Gasteiger partial charge in [0.25, 0.3) is 11.4 Å². The Morgan fingerprint density at radius 3 is 2.85 bits per heavy atom. The number of nitrogens with zero attached hydrogens (tertiary/aromatic N) is 5. The topological polar surface area (TPSA) is 109 Å². The summed E-state index contributed by atoms with van der Waals surface area (Å²) in [7, 11) is 1.62. The molecule has 3 aromatic heterocycles. The number of aromatic nitrogens is 5. The van der Waals surface area contributed by atoms with Crippen molar-refractivity contribution in [1.82, 2.24) is 24.7 Å². The first-order valence-corrected chi connectivity index (χ1v) is 8.44. The minimum Gasteiger partial charge on any atom is -0.497 e. The smallest absolute Gasteiger partial charge is 0.268 e. The van der Waals surface area contributed by atoms with Crippen molar-refractivity contribution in [1.29, 1.82) is 5.26 Å². The zero-order valence-corrected chi connectivity index (χ0v) is 14.4. The first kappa shape index (κ1) is 16.0. The van der Waals surface area contributed by atoms with Crippen molar-refractivity contribution in [2.45, 2.75) is 6.54 Å². The van der Waals surface area contributed by atoms with E-state index in [4.69, 9.17) is 10.00 Å². The predicted octanol–water partition coefficient (Wildman–Crippen LogP) is 2.17. The van der Waals surface area contributed by atoms with Gasteiger partial charge in [0.2, 0.25) is 0 Å². The van der Waals surface area contributed by atoms with Crippen LogP contribution in [0.1, 0.15) is 11.6 Å². The van der Waals surface area contributed by atoms with Crippen LogP contribution in [0.25, 0.3) is 20.7 Å². The number of hydrogen-bond donors (Lipinski definition) is 1. The van der Waals surface area contributed by atoms with E-state index in [9.17, 15) is 4.79 Å². The Kier molecular flexibility index (Phi) is 3.95. The summed E-state index contributed by atoms with van der Waals surface area (Å²) in [6.45, 7) is 0.230. The lowest BCUT2D eigenvalue weighted by molar-refractivity contribution is 0.415. The SMILES string of the molecule is COc1ccc(-c2cc3nc(Cn4cnc(C#N)n4)[nH]c(=O)c3s2)cc1. The van der Waals surface area contributed by atoms with Crippen molar-refractivity contribution in [3.8, 4) is 22.3 Å². The third kappa shape index (κ3) is 2.94. The van der Waals surface area contributed by atoms with Gasteiger partial charge in [-0.15, -0.1) is 16.4 Å². The summed E-state index contributed by atoms with van der Waals surface area (Å²) in [6.07, 6.45) is 1.43. The number of aromatic amines is 1. The highest BCUT2D eigenvalue weighted by atomic mass is 32.1. The fourth-order valence-electron chi connectivity index (χ4n) is 2.54. The zero-order valence-electron chi connectivity index (χ0n) is 13.6. The molecule has 0 saturated carbocycles. The molecule has 0 unspecified atom stereocenters. The maximum atomic E-state index is 12.4. The predicted molar refractivity (Wildman–Crippen MR) is 96.1 cm³/mol. The molecule has 1 N–H and O–H groups in total. The van der Waals surface area contributed by atoms with Gasteiger partial charge in [-0.05, 0) is 35.9 Å². The largest absolute Gasteiger partial charge is 0.497 e. The molecule has 1 aromatic carbocycles. The van der Waals surface area contributed by atoms with Crippen molar-refractivity contribution in [2.24, 2.45) is 0 Å². The Morgan fingerprint density at radius 1 is 1.35 bits per heavy atom. The fourth-order valence-corrected chi connectivity index (χ4v) is 3.53. The Morgan fingerprint density at radius 2 is 2.15 bits per heavy atom. The molecule has 0 bridgehead atoms. The lowest BCUT2D eigenvalue weighted by atomic mass is 10.2. The molecule has 0 aliphatic heterocycles. The minimum absolute atomic E-state index is 0.0748. The van der Waals surface area contributed by atoms with Crippen LogP contribution < -0.4 is 10.3 Å². The summed E-state index contributed by atoms with van der Waals surface area (Å²) < 4.78 is 7.19. The summed E-state index contributed by atoms with van der Waals surface area (Å²) in [5.41, 5.74) is 1.42. The molecule has 4 rings (SSSR count). The molecule has 128 valence electrons. The molecule has 0 radical (unpaired) electrons. The molecule has 0 aliphatic carbocycles. The van der Waals surface area contributed by atoms with E-state index >= 15 is 0 Å². The molecule has 8 nitrogen and oxygen atoms in total. The maximum absolute atomic E-state index is 12.4. The molecule has 4 aromatic rings. The molecule has 0 saturated heterocycles. The lowest BCUT2D eigenvalue weighted by Crippen LogP contribution is -2.13. The van der Waals surface area contributed by atoms with E-state index < -0.39 is 0 Å². The highest BCUT2D eigenvalue weighted by Gasteiger charge is 2.11. The van der Waals surface area contributed by atoms with Crippen LogP contribution in [0.15, 0.2) is 41.5 Å². The van der Waals surface area contributed by atoms with Crippen LogP contribution in [0.3, 0.4) is 0 Å². The summed E-state index contributed by atoms with van der Waals surface area (Å²) in [5.74, 6) is 1.31. The maximum Gasteiger partial charge on any atom is 0.268 e. The van der Waals surface area contributed by atoms with Gasteiger partial charge in [-0.1, -0.05) is 0 Å². The van der Waals surface area contributed by atoms with E-state index in [2.05, 4.69) is 20.1 Å². The Balaban J connectivity index is 1.70. The highest BCUT2D eigenvalue weighted by molar-refractivity contribution is 7.22. The molecule has 0 amide bonds. The second-order valence-electron chi connectivity index (χ2n) is 5.44. The number of thiophene rings is 1. The van der Waals surface area contributed by atoms with Crippen molar-refractivity contribution in [3.63, 3.8) is 0 Å². The van der Waals surface area contributed by atoms with Crippen molar-refractivity contribution in [3.05, 3.63) is 58.7 Å². The van der Waals surface area contributed by atoms with E-state index in [1.54, 1.807) is 7.11 Å². The van der Waals surface area contributed by atoms with Gasteiger partial charge in [0.15, 0.2) is 0 Å². The number of nitrogens with one attached hydrogen (secondary N) is 1. The van der Waals surface area contributed by atoms with Crippen molar-refractivity contribution in [2.75, 3.05) is 7.11 Å². The second-order valence-corrected chi connectivity index (χ2v) is 6.50. The summed E-state index contributed by atoms with van der Waals surface area (Å²) in [5, 5.41) is 12.8. The van der Waals surface area contributed by atoms with Crippen LogP contribution in [0.5, 0.6) is 5.75 Å². The van der Waals surface area contributed by atoms with E-state index in [1.165, 1.54) is 22.3 Å². The average molecular weight is 364 g/mol.